The third-order valence-corrected chi connectivity index (χ3v) is 1.19. The summed E-state index contributed by atoms with van der Waals surface area (Å²) in [5, 5.41) is 12.1. The van der Waals surface area contributed by atoms with Crippen molar-refractivity contribution in [2.24, 2.45) is 11.5 Å². The molecule has 0 fully saturated rings. The van der Waals surface area contributed by atoms with Crippen molar-refractivity contribution >= 4 is 0 Å². The molecule has 0 spiro atoms. The monoisotopic (exact) mass is 158 g/mol. The fourth-order valence-corrected chi connectivity index (χ4v) is 0.583. The molecule has 0 unspecified atom stereocenters. The van der Waals surface area contributed by atoms with Gasteiger partial charge in [0.15, 0.2) is 5.82 Å². The van der Waals surface area contributed by atoms with Crippen LogP contribution >= 0.6 is 0 Å². The largest absolute Gasteiger partial charge is 0.394 e. The molecule has 0 bridgehead atoms. The second-order valence-corrected chi connectivity index (χ2v) is 2.04. The highest BCUT2D eigenvalue weighted by Gasteiger charge is 2.11. The number of aromatic nitrogens is 2. The van der Waals surface area contributed by atoms with Crippen molar-refractivity contribution in [1.29, 1.82) is 0 Å². The van der Waals surface area contributed by atoms with E-state index in [0.29, 0.717) is 5.89 Å². The minimum atomic E-state index is -0.584. The Morgan fingerprint density at radius 2 is 2.36 bits per heavy atom. The van der Waals surface area contributed by atoms with Gasteiger partial charge in [-0.15, -0.1) is 0 Å². The van der Waals surface area contributed by atoms with Gasteiger partial charge in [0, 0.05) is 0 Å². The Hall–Kier alpha value is -0.980. The highest BCUT2D eigenvalue weighted by atomic mass is 16.5. The fourth-order valence-electron chi connectivity index (χ4n) is 0.583. The number of hydrogen-bond acceptors (Lipinski definition) is 6. The van der Waals surface area contributed by atoms with Gasteiger partial charge in [-0.05, 0) is 0 Å². The molecule has 1 heterocycles. The molecule has 0 aromatic carbocycles. The lowest BCUT2D eigenvalue weighted by molar-refractivity contribution is 0.259. The molecule has 0 aliphatic carbocycles. The maximum atomic E-state index is 8.59. The number of hydrogen-bond donors (Lipinski definition) is 3. The molecule has 6 nitrogen and oxygen atoms in total. The second kappa shape index (κ2) is 3.42. The Kier molecular flexibility index (Phi) is 2.53. The summed E-state index contributed by atoms with van der Waals surface area (Å²) in [6, 6.07) is -0.584. The maximum absolute atomic E-state index is 8.59. The van der Waals surface area contributed by atoms with Crippen LogP contribution in [0.1, 0.15) is 17.8 Å². The van der Waals surface area contributed by atoms with E-state index in [4.69, 9.17) is 16.6 Å². The predicted molar refractivity (Wildman–Crippen MR) is 36.2 cm³/mol. The van der Waals surface area contributed by atoms with Gasteiger partial charge >= 0.3 is 0 Å². The van der Waals surface area contributed by atoms with Crippen LogP contribution in [0.15, 0.2) is 4.52 Å². The molecule has 5 N–H and O–H groups in total. The van der Waals surface area contributed by atoms with Crippen LogP contribution in [0.3, 0.4) is 0 Å². The van der Waals surface area contributed by atoms with Gasteiger partial charge < -0.3 is 21.1 Å². The molecule has 0 saturated carbocycles. The van der Waals surface area contributed by atoms with Crippen molar-refractivity contribution in [3.8, 4) is 0 Å². The SMILES string of the molecule is NCc1nc([C@@H](N)CO)no1. The van der Waals surface area contributed by atoms with Crippen LogP contribution in [0.2, 0.25) is 0 Å². The standard InChI is InChI=1S/C5H10N4O2/c6-1-4-8-5(9-11-4)3(7)2-10/h3,10H,1-2,6-7H2/t3-/m0/s1. The zero-order chi connectivity index (χ0) is 8.27. The van der Waals surface area contributed by atoms with Crippen LogP contribution in [0.4, 0.5) is 0 Å². The van der Waals surface area contributed by atoms with Crippen LogP contribution in [-0.4, -0.2) is 21.9 Å². The normalized spacial score (nSPS) is 13.4. The van der Waals surface area contributed by atoms with Gasteiger partial charge in [0.2, 0.25) is 5.89 Å². The summed E-state index contributed by atoms with van der Waals surface area (Å²) in [6.45, 7) is -0.0192. The predicted octanol–water partition coefficient (Wildman–Crippen LogP) is -1.48. The molecule has 11 heavy (non-hydrogen) atoms. The first kappa shape index (κ1) is 8.12. The summed E-state index contributed by atoms with van der Waals surface area (Å²) in [5.41, 5.74) is 10.6. The van der Waals surface area contributed by atoms with E-state index in [9.17, 15) is 0 Å². The summed E-state index contributed by atoms with van der Waals surface area (Å²) in [5.74, 6) is 0.608. The van der Waals surface area contributed by atoms with Crippen LogP contribution in [0, 0.1) is 0 Å². The molecule has 0 saturated heterocycles. The molecular weight excluding hydrogens is 148 g/mol. The molecule has 1 atom stereocenters. The van der Waals surface area contributed by atoms with Gasteiger partial charge in [-0.1, -0.05) is 5.16 Å². The summed E-state index contributed by atoms with van der Waals surface area (Å²) in [7, 11) is 0. The van der Waals surface area contributed by atoms with E-state index in [0.717, 1.165) is 0 Å². The fraction of sp³-hybridized carbons (Fsp3) is 0.600. The highest BCUT2D eigenvalue weighted by Crippen LogP contribution is 2.03. The first-order valence-electron chi connectivity index (χ1n) is 3.17. The summed E-state index contributed by atoms with van der Waals surface area (Å²) in [6.07, 6.45) is 0. The van der Waals surface area contributed by atoms with Crippen LogP contribution in [0.25, 0.3) is 0 Å². The lowest BCUT2D eigenvalue weighted by Crippen LogP contribution is -2.16. The average molecular weight is 158 g/mol. The van der Waals surface area contributed by atoms with Gasteiger partial charge in [0.1, 0.15) is 0 Å². The Balaban J connectivity index is 2.71. The molecule has 1 aromatic rings. The summed E-state index contributed by atoms with van der Waals surface area (Å²) in [4.78, 5) is 3.81. The third-order valence-electron chi connectivity index (χ3n) is 1.19. The maximum Gasteiger partial charge on any atom is 0.240 e. The van der Waals surface area contributed by atoms with E-state index < -0.39 is 6.04 Å². The van der Waals surface area contributed by atoms with Crippen molar-refractivity contribution in [2.45, 2.75) is 12.6 Å². The van der Waals surface area contributed by atoms with Gasteiger partial charge in [0.05, 0.1) is 19.2 Å². The Morgan fingerprint density at radius 3 is 2.82 bits per heavy atom. The van der Waals surface area contributed by atoms with E-state index in [-0.39, 0.29) is 19.0 Å². The molecule has 0 aliphatic rings. The third kappa shape index (κ3) is 1.73. The first-order valence-corrected chi connectivity index (χ1v) is 3.17. The molecule has 6 heteroatoms. The van der Waals surface area contributed by atoms with Crippen LogP contribution < -0.4 is 11.5 Å². The van der Waals surface area contributed by atoms with E-state index >= 15 is 0 Å². The molecule has 0 aliphatic heterocycles. The van der Waals surface area contributed by atoms with Crippen molar-refractivity contribution in [2.75, 3.05) is 6.61 Å². The van der Waals surface area contributed by atoms with Gasteiger partial charge in [-0.3, -0.25) is 0 Å². The number of aliphatic hydroxyl groups excluding tert-OH is 1. The van der Waals surface area contributed by atoms with Crippen molar-refractivity contribution in [3.05, 3.63) is 11.7 Å². The Morgan fingerprint density at radius 1 is 1.64 bits per heavy atom. The van der Waals surface area contributed by atoms with Crippen molar-refractivity contribution in [3.63, 3.8) is 0 Å². The Labute approximate surface area is 63.2 Å². The first-order chi connectivity index (χ1) is 5.27. The second-order valence-electron chi connectivity index (χ2n) is 2.04. The van der Waals surface area contributed by atoms with Crippen LogP contribution in [0.5, 0.6) is 0 Å². The number of aliphatic hydroxyl groups is 1. The van der Waals surface area contributed by atoms with E-state index in [1.807, 2.05) is 0 Å². The molecule has 0 radical (unpaired) electrons. The van der Waals surface area contributed by atoms with Gasteiger partial charge in [-0.25, -0.2) is 0 Å². The Bertz CT molecular complexity index is 224. The van der Waals surface area contributed by atoms with Crippen LogP contribution in [-0.2, 0) is 6.54 Å². The minimum Gasteiger partial charge on any atom is -0.394 e. The minimum absolute atomic E-state index is 0.186. The molecule has 62 valence electrons. The number of nitrogens with zero attached hydrogens (tertiary/aromatic N) is 2. The zero-order valence-corrected chi connectivity index (χ0v) is 5.90. The molecular formula is C5H10N4O2. The molecule has 1 rings (SSSR count). The summed E-state index contributed by atoms with van der Waals surface area (Å²) >= 11 is 0. The van der Waals surface area contributed by atoms with Crippen molar-refractivity contribution in [1.82, 2.24) is 10.1 Å². The smallest absolute Gasteiger partial charge is 0.240 e. The molecule has 0 amide bonds. The van der Waals surface area contributed by atoms with Crippen molar-refractivity contribution < 1.29 is 9.63 Å². The highest BCUT2D eigenvalue weighted by molar-refractivity contribution is 4.91. The van der Waals surface area contributed by atoms with Gasteiger partial charge in [0.25, 0.3) is 0 Å². The van der Waals surface area contributed by atoms with E-state index in [1.165, 1.54) is 0 Å². The van der Waals surface area contributed by atoms with E-state index in [1.54, 1.807) is 0 Å². The topological polar surface area (TPSA) is 111 Å². The zero-order valence-electron chi connectivity index (χ0n) is 5.90. The van der Waals surface area contributed by atoms with E-state index in [2.05, 4.69) is 14.7 Å². The average Bonchev–Trinajstić information content (AvgIpc) is 2.50. The lowest BCUT2D eigenvalue weighted by Gasteiger charge is -1.98. The lowest BCUT2D eigenvalue weighted by atomic mass is 10.3. The number of nitrogens with two attached hydrogens (primary N) is 2. The quantitative estimate of drug-likeness (QED) is 0.494. The number of rotatable bonds is 3. The van der Waals surface area contributed by atoms with Gasteiger partial charge in [-0.2, -0.15) is 4.98 Å². The molecule has 1 aromatic heterocycles. The summed E-state index contributed by atoms with van der Waals surface area (Å²) < 4.78 is 4.66.